The quantitative estimate of drug-likeness (QED) is 0.678. The summed E-state index contributed by atoms with van der Waals surface area (Å²) in [4.78, 5) is 19.5. The van der Waals surface area contributed by atoms with Crippen molar-refractivity contribution in [3.05, 3.63) is 53.9 Å². The van der Waals surface area contributed by atoms with Gasteiger partial charge in [0.15, 0.2) is 0 Å². The number of halogens is 2. The first-order valence-corrected chi connectivity index (χ1v) is 7.12. The van der Waals surface area contributed by atoms with E-state index in [1.165, 1.54) is 18.2 Å². The van der Waals surface area contributed by atoms with E-state index in [-0.39, 0.29) is 18.5 Å². The number of hydrogen-bond donors (Lipinski definition) is 3. The van der Waals surface area contributed by atoms with E-state index in [2.05, 4.69) is 25.9 Å². The molecule has 0 fully saturated rings. The summed E-state index contributed by atoms with van der Waals surface area (Å²) in [7, 11) is 0. The van der Waals surface area contributed by atoms with Crippen molar-refractivity contribution in [2.45, 2.75) is 6.42 Å². The van der Waals surface area contributed by atoms with Gasteiger partial charge in [0, 0.05) is 37.6 Å². The van der Waals surface area contributed by atoms with E-state index in [1.54, 1.807) is 18.5 Å². The van der Waals surface area contributed by atoms with E-state index >= 15 is 0 Å². The molecule has 0 unspecified atom stereocenters. The van der Waals surface area contributed by atoms with Crippen LogP contribution in [-0.4, -0.2) is 35.6 Å². The van der Waals surface area contributed by atoms with Crippen molar-refractivity contribution in [3.63, 3.8) is 0 Å². The van der Waals surface area contributed by atoms with E-state index in [0.29, 0.717) is 19.0 Å². The molecule has 0 aliphatic heterocycles. The lowest BCUT2D eigenvalue weighted by Crippen LogP contribution is -2.39. The third kappa shape index (κ3) is 5.50. The Morgan fingerprint density at radius 3 is 2.30 bits per heavy atom. The molecular weight excluding hydrogens is 304 g/mol. The Labute approximate surface area is 132 Å². The van der Waals surface area contributed by atoms with E-state index in [0.717, 1.165) is 0 Å². The number of urea groups is 1. The SMILES string of the molecule is O=C(NCCNc1ncccn1)NCCc1c(F)cccc1F. The van der Waals surface area contributed by atoms with Crippen LogP contribution in [-0.2, 0) is 6.42 Å². The third-order valence-corrected chi connectivity index (χ3v) is 2.98. The van der Waals surface area contributed by atoms with Crippen LogP contribution < -0.4 is 16.0 Å². The molecule has 0 aliphatic carbocycles. The normalized spacial score (nSPS) is 10.2. The van der Waals surface area contributed by atoms with Gasteiger partial charge in [0.05, 0.1) is 0 Å². The van der Waals surface area contributed by atoms with Crippen molar-refractivity contribution in [2.75, 3.05) is 25.0 Å². The number of nitrogens with zero attached hydrogens (tertiary/aromatic N) is 2. The van der Waals surface area contributed by atoms with Gasteiger partial charge in [0.25, 0.3) is 0 Å². The Bertz CT molecular complexity index is 619. The number of carbonyl (C=O) groups excluding carboxylic acids is 1. The van der Waals surface area contributed by atoms with Gasteiger partial charge in [-0.1, -0.05) is 6.07 Å². The highest BCUT2D eigenvalue weighted by Gasteiger charge is 2.08. The number of benzene rings is 1. The third-order valence-electron chi connectivity index (χ3n) is 2.98. The Balaban J connectivity index is 1.62. The summed E-state index contributed by atoms with van der Waals surface area (Å²) in [5.74, 6) is -0.747. The van der Waals surface area contributed by atoms with Crippen molar-refractivity contribution < 1.29 is 13.6 Å². The maximum atomic E-state index is 13.4. The van der Waals surface area contributed by atoms with Gasteiger partial charge in [0.2, 0.25) is 5.95 Å². The van der Waals surface area contributed by atoms with Gasteiger partial charge in [-0.2, -0.15) is 0 Å². The number of amides is 2. The minimum atomic E-state index is -0.612. The van der Waals surface area contributed by atoms with Gasteiger partial charge in [-0.05, 0) is 24.6 Å². The number of rotatable bonds is 7. The van der Waals surface area contributed by atoms with Gasteiger partial charge in [-0.25, -0.2) is 23.5 Å². The van der Waals surface area contributed by atoms with E-state index in [1.807, 2.05) is 0 Å². The maximum Gasteiger partial charge on any atom is 0.314 e. The summed E-state index contributed by atoms with van der Waals surface area (Å²) in [6, 6.07) is 4.98. The lowest BCUT2D eigenvalue weighted by atomic mass is 10.1. The molecule has 6 nitrogen and oxygen atoms in total. The van der Waals surface area contributed by atoms with Crippen LogP contribution in [0.2, 0.25) is 0 Å². The molecule has 0 spiro atoms. The van der Waals surface area contributed by atoms with Gasteiger partial charge in [-0.15, -0.1) is 0 Å². The van der Waals surface area contributed by atoms with Crippen LogP contribution in [0.5, 0.6) is 0 Å². The average molecular weight is 321 g/mol. The molecule has 0 aliphatic rings. The molecule has 0 saturated carbocycles. The Kier molecular flexibility index (Phi) is 6.22. The highest BCUT2D eigenvalue weighted by Crippen LogP contribution is 2.11. The van der Waals surface area contributed by atoms with Gasteiger partial charge < -0.3 is 16.0 Å². The van der Waals surface area contributed by atoms with E-state index in [9.17, 15) is 13.6 Å². The van der Waals surface area contributed by atoms with Crippen LogP contribution in [0.1, 0.15) is 5.56 Å². The Morgan fingerprint density at radius 1 is 0.957 bits per heavy atom. The van der Waals surface area contributed by atoms with Crippen LogP contribution in [0, 0.1) is 11.6 Å². The number of nitrogens with one attached hydrogen (secondary N) is 3. The molecule has 0 radical (unpaired) electrons. The number of anilines is 1. The molecule has 2 aromatic rings. The molecule has 2 amide bonds. The Morgan fingerprint density at radius 2 is 1.61 bits per heavy atom. The number of carbonyl (C=O) groups is 1. The highest BCUT2D eigenvalue weighted by atomic mass is 19.1. The van der Waals surface area contributed by atoms with Gasteiger partial charge >= 0.3 is 6.03 Å². The largest absolute Gasteiger partial charge is 0.352 e. The van der Waals surface area contributed by atoms with Crippen LogP contribution in [0.4, 0.5) is 19.5 Å². The molecule has 1 heterocycles. The summed E-state index contributed by atoms with van der Waals surface area (Å²) < 4.78 is 26.8. The van der Waals surface area contributed by atoms with Crippen LogP contribution >= 0.6 is 0 Å². The molecule has 0 bridgehead atoms. The molecule has 0 atom stereocenters. The van der Waals surface area contributed by atoms with Crippen LogP contribution in [0.3, 0.4) is 0 Å². The minimum absolute atomic E-state index is 0.0318. The molecule has 1 aromatic carbocycles. The second-order valence-corrected chi connectivity index (χ2v) is 4.63. The summed E-state index contributed by atoms with van der Waals surface area (Å²) in [5.41, 5.74) is -0.0318. The van der Waals surface area contributed by atoms with E-state index in [4.69, 9.17) is 0 Å². The smallest absolute Gasteiger partial charge is 0.314 e. The summed E-state index contributed by atoms with van der Waals surface area (Å²) in [6.07, 6.45) is 3.30. The topological polar surface area (TPSA) is 78.9 Å². The molecule has 8 heteroatoms. The van der Waals surface area contributed by atoms with Gasteiger partial charge in [0.1, 0.15) is 11.6 Å². The van der Waals surface area contributed by atoms with E-state index < -0.39 is 17.7 Å². The maximum absolute atomic E-state index is 13.4. The van der Waals surface area contributed by atoms with Crippen LogP contribution in [0.25, 0.3) is 0 Å². The molecular formula is C15H17F2N5O. The van der Waals surface area contributed by atoms with Crippen LogP contribution in [0.15, 0.2) is 36.7 Å². The lowest BCUT2D eigenvalue weighted by molar-refractivity contribution is 0.241. The summed E-state index contributed by atoms with van der Waals surface area (Å²) >= 11 is 0. The molecule has 122 valence electrons. The Hall–Kier alpha value is -2.77. The van der Waals surface area contributed by atoms with Gasteiger partial charge in [-0.3, -0.25) is 0 Å². The first-order valence-electron chi connectivity index (χ1n) is 7.12. The molecule has 0 saturated heterocycles. The fraction of sp³-hybridized carbons (Fsp3) is 0.267. The monoisotopic (exact) mass is 321 g/mol. The van der Waals surface area contributed by atoms with Crippen molar-refractivity contribution in [1.29, 1.82) is 0 Å². The number of aromatic nitrogens is 2. The summed E-state index contributed by atoms with van der Waals surface area (Å²) in [5, 5.41) is 8.09. The predicted octanol–water partition coefficient (Wildman–Crippen LogP) is 1.71. The summed E-state index contributed by atoms with van der Waals surface area (Å²) in [6.45, 7) is 0.955. The second kappa shape index (κ2) is 8.62. The molecule has 2 rings (SSSR count). The first-order chi connectivity index (χ1) is 11.2. The van der Waals surface area contributed by atoms with Crippen molar-refractivity contribution >= 4 is 12.0 Å². The fourth-order valence-electron chi connectivity index (χ4n) is 1.88. The highest BCUT2D eigenvalue weighted by molar-refractivity contribution is 5.73. The lowest BCUT2D eigenvalue weighted by Gasteiger charge is -2.09. The zero-order valence-electron chi connectivity index (χ0n) is 12.4. The predicted molar refractivity (Wildman–Crippen MR) is 82.0 cm³/mol. The molecule has 3 N–H and O–H groups in total. The first kappa shape index (κ1) is 16.6. The second-order valence-electron chi connectivity index (χ2n) is 4.63. The minimum Gasteiger partial charge on any atom is -0.352 e. The van der Waals surface area contributed by atoms with Crippen molar-refractivity contribution in [1.82, 2.24) is 20.6 Å². The van der Waals surface area contributed by atoms with Crippen molar-refractivity contribution in [2.24, 2.45) is 0 Å². The molecule has 1 aromatic heterocycles. The molecule has 23 heavy (non-hydrogen) atoms. The number of hydrogen-bond acceptors (Lipinski definition) is 4. The fourth-order valence-corrected chi connectivity index (χ4v) is 1.88. The van der Waals surface area contributed by atoms with Crippen molar-refractivity contribution in [3.8, 4) is 0 Å². The standard InChI is InChI=1S/C15H17F2N5O/c16-12-3-1-4-13(17)11(12)5-8-21-15(23)22-10-9-20-14-18-6-2-7-19-14/h1-4,6-7H,5,8-10H2,(H,18,19,20)(H2,21,22,23). The average Bonchev–Trinajstić information content (AvgIpc) is 2.55. The zero-order valence-corrected chi connectivity index (χ0v) is 12.4. The zero-order chi connectivity index (χ0) is 16.5.